The Hall–Kier alpha value is -1.71. The highest BCUT2D eigenvalue weighted by atomic mass is 15.3. The third-order valence-corrected chi connectivity index (χ3v) is 3.67. The highest BCUT2D eigenvalue weighted by Crippen LogP contribution is 2.15. The van der Waals surface area contributed by atoms with E-state index >= 15 is 0 Å². The zero-order valence-corrected chi connectivity index (χ0v) is 11.7. The van der Waals surface area contributed by atoms with Crippen molar-refractivity contribution in [1.29, 1.82) is 5.26 Å². The Kier molecular flexibility index (Phi) is 3.98. The van der Waals surface area contributed by atoms with Crippen LogP contribution in [-0.4, -0.2) is 59.5 Å². The molecule has 0 saturated carbocycles. The number of aromatic nitrogens is 2. The quantitative estimate of drug-likeness (QED) is 0.807. The molecule has 0 amide bonds. The molecular formula is C13H20N6. The molecule has 0 bridgehead atoms. The Morgan fingerprint density at radius 3 is 2.74 bits per heavy atom. The van der Waals surface area contributed by atoms with E-state index in [1.807, 2.05) is 6.07 Å². The molecule has 1 aliphatic heterocycles. The minimum absolute atomic E-state index is 0.289. The number of nitrogens with zero attached hydrogens (tertiary/aromatic N) is 5. The van der Waals surface area contributed by atoms with Crippen LogP contribution in [0.25, 0.3) is 0 Å². The van der Waals surface area contributed by atoms with Crippen LogP contribution in [-0.2, 0) is 6.42 Å². The lowest BCUT2D eigenvalue weighted by Crippen LogP contribution is -2.51. The summed E-state index contributed by atoms with van der Waals surface area (Å²) in [5, 5.41) is 8.96. The zero-order chi connectivity index (χ0) is 14.0. The molecule has 1 fully saturated rings. The Morgan fingerprint density at radius 1 is 1.37 bits per heavy atom. The van der Waals surface area contributed by atoms with E-state index in [-0.39, 0.29) is 5.82 Å². The van der Waals surface area contributed by atoms with Gasteiger partial charge in [-0.15, -0.1) is 0 Å². The number of piperazine rings is 1. The van der Waals surface area contributed by atoms with Gasteiger partial charge in [-0.25, -0.2) is 9.97 Å². The van der Waals surface area contributed by atoms with Crippen LogP contribution < -0.4 is 5.73 Å². The summed E-state index contributed by atoms with van der Waals surface area (Å²) in [7, 11) is 4.25. The van der Waals surface area contributed by atoms with E-state index in [0.717, 1.165) is 31.9 Å². The van der Waals surface area contributed by atoms with E-state index in [9.17, 15) is 0 Å². The summed E-state index contributed by atoms with van der Waals surface area (Å²) < 4.78 is 0. The molecule has 1 saturated heterocycles. The first-order chi connectivity index (χ1) is 9.01. The van der Waals surface area contributed by atoms with E-state index in [0.29, 0.717) is 17.3 Å². The Bertz CT molecular complexity index is 483. The van der Waals surface area contributed by atoms with Crippen molar-refractivity contribution < 1.29 is 0 Å². The van der Waals surface area contributed by atoms with Crippen LogP contribution in [0.2, 0.25) is 0 Å². The van der Waals surface area contributed by atoms with Crippen LogP contribution in [0.5, 0.6) is 0 Å². The van der Waals surface area contributed by atoms with Crippen molar-refractivity contribution in [2.45, 2.75) is 19.4 Å². The highest BCUT2D eigenvalue weighted by molar-refractivity contribution is 5.50. The molecule has 2 heterocycles. The predicted octanol–water partition coefficient (Wildman–Crippen LogP) is 0.0272. The molecule has 6 heteroatoms. The topological polar surface area (TPSA) is 82.1 Å². The molecule has 2 N–H and O–H groups in total. The zero-order valence-electron chi connectivity index (χ0n) is 11.7. The van der Waals surface area contributed by atoms with Crippen molar-refractivity contribution >= 4 is 5.82 Å². The molecule has 1 atom stereocenters. The van der Waals surface area contributed by atoms with Gasteiger partial charge in [-0.3, -0.25) is 0 Å². The van der Waals surface area contributed by atoms with Crippen molar-refractivity contribution in [2.75, 3.05) is 39.5 Å². The number of nitrogen functional groups attached to an aromatic ring is 1. The van der Waals surface area contributed by atoms with Gasteiger partial charge in [0, 0.05) is 32.1 Å². The predicted molar refractivity (Wildman–Crippen MR) is 73.5 cm³/mol. The van der Waals surface area contributed by atoms with Gasteiger partial charge < -0.3 is 15.5 Å². The van der Waals surface area contributed by atoms with Gasteiger partial charge >= 0.3 is 0 Å². The maximum atomic E-state index is 8.96. The van der Waals surface area contributed by atoms with Crippen molar-refractivity contribution in [3.63, 3.8) is 0 Å². The fourth-order valence-electron chi connectivity index (χ4n) is 2.42. The van der Waals surface area contributed by atoms with Gasteiger partial charge in [0.05, 0.1) is 5.69 Å². The Labute approximate surface area is 113 Å². The average molecular weight is 260 g/mol. The molecule has 19 heavy (non-hydrogen) atoms. The second-order valence-electron chi connectivity index (χ2n) is 5.20. The molecule has 0 spiro atoms. The van der Waals surface area contributed by atoms with Gasteiger partial charge in [0.15, 0.2) is 0 Å². The minimum Gasteiger partial charge on any atom is -0.382 e. The summed E-state index contributed by atoms with van der Waals surface area (Å²) >= 11 is 0. The van der Waals surface area contributed by atoms with Crippen LogP contribution in [0.15, 0.2) is 0 Å². The monoisotopic (exact) mass is 260 g/mol. The van der Waals surface area contributed by atoms with Gasteiger partial charge in [0.1, 0.15) is 23.3 Å². The number of likely N-dealkylation sites (N-methyl/N-ethyl adjacent to an activating group) is 2. The lowest BCUT2D eigenvalue weighted by atomic mass is 10.1. The largest absolute Gasteiger partial charge is 0.382 e. The van der Waals surface area contributed by atoms with Crippen molar-refractivity contribution in [1.82, 2.24) is 19.8 Å². The summed E-state index contributed by atoms with van der Waals surface area (Å²) in [6.45, 7) is 4.93. The van der Waals surface area contributed by atoms with Gasteiger partial charge in [-0.2, -0.15) is 5.26 Å². The molecule has 0 aromatic carbocycles. The highest BCUT2D eigenvalue weighted by Gasteiger charge is 2.23. The van der Waals surface area contributed by atoms with Crippen LogP contribution in [0.3, 0.4) is 0 Å². The first-order valence-electron chi connectivity index (χ1n) is 6.43. The van der Waals surface area contributed by atoms with Crippen molar-refractivity contribution in [3.8, 4) is 6.07 Å². The maximum absolute atomic E-state index is 8.96. The molecule has 0 radical (unpaired) electrons. The summed E-state index contributed by atoms with van der Waals surface area (Å²) in [5.74, 6) is 1.01. The average Bonchev–Trinajstić information content (AvgIpc) is 2.33. The van der Waals surface area contributed by atoms with Crippen molar-refractivity contribution in [2.24, 2.45) is 0 Å². The first-order valence-corrected chi connectivity index (χ1v) is 6.43. The molecule has 0 aliphatic carbocycles. The second-order valence-corrected chi connectivity index (χ2v) is 5.20. The Balaban J connectivity index is 2.17. The van der Waals surface area contributed by atoms with Gasteiger partial charge in [0.25, 0.3) is 0 Å². The first kappa shape index (κ1) is 13.7. The summed E-state index contributed by atoms with van der Waals surface area (Å²) in [6.07, 6.45) is 0.761. The SMILES string of the molecule is Cc1nc(CC2CN(C)CCN2C)nc(N)c1C#N. The molecular weight excluding hydrogens is 240 g/mol. The van der Waals surface area contributed by atoms with Crippen LogP contribution >= 0.6 is 0 Å². The number of rotatable bonds is 2. The molecule has 1 aromatic rings. The lowest BCUT2D eigenvalue weighted by molar-refractivity contribution is 0.113. The Morgan fingerprint density at radius 2 is 2.11 bits per heavy atom. The van der Waals surface area contributed by atoms with Crippen LogP contribution in [0, 0.1) is 18.3 Å². The number of nitrogens with two attached hydrogens (primary N) is 1. The lowest BCUT2D eigenvalue weighted by Gasteiger charge is -2.37. The second kappa shape index (κ2) is 5.51. The number of anilines is 1. The number of nitriles is 1. The van der Waals surface area contributed by atoms with E-state index in [1.54, 1.807) is 6.92 Å². The van der Waals surface area contributed by atoms with E-state index in [2.05, 4.69) is 33.9 Å². The normalized spacial score (nSPS) is 21.3. The summed E-state index contributed by atoms with van der Waals surface area (Å²) in [4.78, 5) is 13.3. The van der Waals surface area contributed by atoms with Crippen LogP contribution in [0.4, 0.5) is 5.82 Å². The van der Waals surface area contributed by atoms with E-state index in [4.69, 9.17) is 11.0 Å². The fourth-order valence-corrected chi connectivity index (χ4v) is 2.42. The van der Waals surface area contributed by atoms with E-state index < -0.39 is 0 Å². The van der Waals surface area contributed by atoms with Crippen LogP contribution in [0.1, 0.15) is 17.1 Å². The molecule has 1 unspecified atom stereocenters. The van der Waals surface area contributed by atoms with Gasteiger partial charge in [-0.1, -0.05) is 0 Å². The summed E-state index contributed by atoms with van der Waals surface area (Å²) in [5.41, 5.74) is 6.85. The molecule has 1 aromatic heterocycles. The van der Waals surface area contributed by atoms with Gasteiger partial charge in [-0.05, 0) is 21.0 Å². The molecule has 2 rings (SSSR count). The smallest absolute Gasteiger partial charge is 0.145 e. The fraction of sp³-hybridized carbons (Fsp3) is 0.615. The molecule has 6 nitrogen and oxygen atoms in total. The number of hydrogen-bond donors (Lipinski definition) is 1. The minimum atomic E-state index is 0.289. The maximum Gasteiger partial charge on any atom is 0.145 e. The van der Waals surface area contributed by atoms with E-state index in [1.165, 1.54) is 0 Å². The van der Waals surface area contributed by atoms with Gasteiger partial charge in [0.2, 0.25) is 0 Å². The molecule has 1 aliphatic rings. The standard InChI is InChI=1S/C13H20N6/c1-9-11(7-14)13(15)17-12(16-9)6-10-8-18(2)4-5-19(10)3/h10H,4-6,8H2,1-3H3,(H2,15,16,17). The summed E-state index contributed by atoms with van der Waals surface area (Å²) in [6, 6.07) is 2.44. The van der Waals surface area contributed by atoms with Crippen molar-refractivity contribution in [3.05, 3.63) is 17.1 Å². The number of hydrogen-bond acceptors (Lipinski definition) is 6. The third kappa shape index (κ3) is 3.00. The third-order valence-electron chi connectivity index (χ3n) is 3.67. The molecule has 102 valence electrons. The number of aryl methyl sites for hydroxylation is 1.